The Hall–Kier alpha value is -2.25. The topological polar surface area (TPSA) is 116 Å². The molecule has 1 rings (SSSR count). The quantitative estimate of drug-likeness (QED) is 0.671. The molecule has 106 valence electrons. The summed E-state index contributed by atoms with van der Waals surface area (Å²) in [6.07, 6.45) is -2.03. The molecule has 2 amide bonds. The third-order valence-corrected chi connectivity index (χ3v) is 2.27. The van der Waals surface area contributed by atoms with E-state index in [4.69, 9.17) is 10.2 Å². The Bertz CT molecular complexity index is 502. The first-order chi connectivity index (χ1) is 8.60. The van der Waals surface area contributed by atoms with Crippen LogP contribution in [0.25, 0.3) is 0 Å². The highest BCUT2D eigenvalue weighted by Gasteiger charge is 2.23. The van der Waals surface area contributed by atoms with Crippen molar-refractivity contribution < 1.29 is 19.8 Å². The number of nitrogens with one attached hydrogen (secondary N) is 2. The van der Waals surface area contributed by atoms with Gasteiger partial charge in [0.05, 0.1) is 5.69 Å². The molecule has 0 spiro atoms. The van der Waals surface area contributed by atoms with Crippen LogP contribution < -0.4 is 10.6 Å². The Morgan fingerprint density at radius 2 is 1.74 bits per heavy atom. The lowest BCUT2D eigenvalue weighted by Crippen LogP contribution is -2.16. The van der Waals surface area contributed by atoms with E-state index >= 15 is 0 Å². The van der Waals surface area contributed by atoms with Gasteiger partial charge in [-0.3, -0.25) is 15.3 Å². The molecule has 0 saturated heterocycles. The van der Waals surface area contributed by atoms with Crippen molar-refractivity contribution in [2.75, 3.05) is 10.6 Å². The molecule has 0 aliphatic rings. The van der Waals surface area contributed by atoms with Crippen LogP contribution in [0, 0.1) is 5.41 Å². The van der Waals surface area contributed by atoms with Gasteiger partial charge in [-0.2, -0.15) is 5.10 Å². The van der Waals surface area contributed by atoms with Crippen LogP contribution in [-0.2, 0) is 13.5 Å². The summed E-state index contributed by atoms with van der Waals surface area (Å²) in [5.74, 6) is 0.106. The van der Waals surface area contributed by atoms with Gasteiger partial charge in [0.2, 0.25) is 0 Å². The van der Waals surface area contributed by atoms with Gasteiger partial charge in [-0.05, 0) is 11.8 Å². The maximum Gasteiger partial charge on any atom is 0.410 e. The van der Waals surface area contributed by atoms with Crippen molar-refractivity contribution >= 4 is 23.7 Å². The molecule has 1 heterocycles. The number of hydrogen-bond acceptors (Lipinski definition) is 3. The summed E-state index contributed by atoms with van der Waals surface area (Å²) in [4.78, 5) is 21.5. The molecular formula is C11H18N4O4. The number of nitrogens with zero attached hydrogens (tertiary/aromatic N) is 2. The van der Waals surface area contributed by atoms with Gasteiger partial charge in [0, 0.05) is 7.05 Å². The summed E-state index contributed by atoms with van der Waals surface area (Å²) in [6, 6.07) is 0. The minimum Gasteiger partial charge on any atom is -0.465 e. The zero-order valence-corrected chi connectivity index (χ0v) is 11.3. The van der Waals surface area contributed by atoms with Crippen LogP contribution in [0.2, 0.25) is 0 Å². The van der Waals surface area contributed by atoms with Crippen LogP contribution in [0.4, 0.5) is 21.1 Å². The predicted molar refractivity (Wildman–Crippen MR) is 69.7 cm³/mol. The first kappa shape index (κ1) is 14.8. The van der Waals surface area contributed by atoms with E-state index in [-0.39, 0.29) is 16.9 Å². The molecule has 0 atom stereocenters. The fourth-order valence-corrected chi connectivity index (χ4v) is 1.69. The van der Waals surface area contributed by atoms with Crippen molar-refractivity contribution in [3.8, 4) is 0 Å². The highest BCUT2D eigenvalue weighted by molar-refractivity contribution is 5.93. The van der Waals surface area contributed by atoms with E-state index in [9.17, 15) is 9.59 Å². The van der Waals surface area contributed by atoms with Gasteiger partial charge in [-0.25, -0.2) is 9.59 Å². The highest BCUT2D eigenvalue weighted by Crippen LogP contribution is 2.31. The molecule has 0 radical (unpaired) electrons. The highest BCUT2D eigenvalue weighted by atomic mass is 16.4. The van der Waals surface area contributed by atoms with E-state index in [1.54, 1.807) is 7.05 Å². The number of carboxylic acid groups (broad SMARTS) is 2. The van der Waals surface area contributed by atoms with Crippen molar-refractivity contribution in [3.05, 3.63) is 5.69 Å². The normalized spacial score (nSPS) is 11.2. The van der Waals surface area contributed by atoms with Gasteiger partial charge in [-0.15, -0.1) is 0 Å². The molecule has 8 heteroatoms. The largest absolute Gasteiger partial charge is 0.465 e. The Kier molecular flexibility index (Phi) is 4.03. The van der Waals surface area contributed by atoms with Crippen molar-refractivity contribution in [2.45, 2.75) is 27.2 Å². The van der Waals surface area contributed by atoms with E-state index < -0.39 is 12.2 Å². The smallest absolute Gasteiger partial charge is 0.410 e. The second-order valence-corrected chi connectivity index (χ2v) is 5.39. The van der Waals surface area contributed by atoms with Gasteiger partial charge in [-0.1, -0.05) is 20.8 Å². The minimum absolute atomic E-state index is 0.106. The minimum atomic E-state index is -1.28. The molecule has 0 aliphatic heterocycles. The fraction of sp³-hybridized carbons (Fsp3) is 0.545. The van der Waals surface area contributed by atoms with E-state index in [1.165, 1.54) is 4.68 Å². The zero-order valence-electron chi connectivity index (χ0n) is 11.3. The maximum absolute atomic E-state index is 10.8. The molecule has 0 unspecified atom stereocenters. The molecule has 19 heavy (non-hydrogen) atoms. The number of carbonyl (C=O) groups is 2. The third kappa shape index (κ3) is 4.16. The Balaban J connectivity index is 3.22. The van der Waals surface area contributed by atoms with Crippen molar-refractivity contribution in [1.29, 1.82) is 0 Å². The second-order valence-electron chi connectivity index (χ2n) is 5.39. The average Bonchev–Trinajstić information content (AvgIpc) is 2.42. The second kappa shape index (κ2) is 5.17. The van der Waals surface area contributed by atoms with Crippen LogP contribution >= 0.6 is 0 Å². The Morgan fingerprint density at radius 1 is 1.21 bits per heavy atom. The predicted octanol–water partition coefficient (Wildman–Crippen LogP) is 2.19. The molecule has 0 bridgehead atoms. The summed E-state index contributed by atoms with van der Waals surface area (Å²) >= 11 is 0. The van der Waals surface area contributed by atoms with Crippen LogP contribution in [0.3, 0.4) is 0 Å². The number of aromatic nitrogens is 2. The summed E-state index contributed by atoms with van der Waals surface area (Å²) in [6.45, 7) is 5.95. The molecular weight excluding hydrogens is 252 g/mol. The van der Waals surface area contributed by atoms with Crippen LogP contribution in [-0.4, -0.2) is 32.2 Å². The van der Waals surface area contributed by atoms with Crippen LogP contribution in [0.1, 0.15) is 26.5 Å². The summed E-state index contributed by atoms with van der Waals surface area (Å²) in [5, 5.41) is 26.1. The zero-order chi connectivity index (χ0) is 14.8. The van der Waals surface area contributed by atoms with E-state index in [0.29, 0.717) is 12.1 Å². The molecule has 8 nitrogen and oxygen atoms in total. The van der Waals surface area contributed by atoms with E-state index in [1.807, 2.05) is 20.8 Å². The summed E-state index contributed by atoms with van der Waals surface area (Å²) in [7, 11) is 1.55. The van der Waals surface area contributed by atoms with Crippen molar-refractivity contribution in [3.63, 3.8) is 0 Å². The number of amides is 2. The van der Waals surface area contributed by atoms with Gasteiger partial charge in [0.1, 0.15) is 5.69 Å². The standard InChI is InChI=1S/C11H18N4O4/c1-11(2,3)5-6-7(12-9(16)17)8(13-10(18)19)15(4)14-6/h12-13H,5H2,1-4H3,(H,16,17)(H,18,19). The third-order valence-electron chi connectivity index (χ3n) is 2.27. The first-order valence-electron chi connectivity index (χ1n) is 5.66. The maximum atomic E-state index is 10.8. The molecule has 1 aromatic heterocycles. The van der Waals surface area contributed by atoms with Gasteiger partial charge >= 0.3 is 12.2 Å². The number of hydrogen-bond donors (Lipinski definition) is 4. The molecule has 1 aromatic rings. The Labute approximate surface area is 110 Å². The molecule has 0 aliphatic carbocycles. The van der Waals surface area contributed by atoms with Crippen molar-refractivity contribution in [2.24, 2.45) is 12.5 Å². The summed E-state index contributed by atoms with van der Waals surface area (Å²) in [5.41, 5.74) is 0.567. The van der Waals surface area contributed by atoms with Crippen molar-refractivity contribution in [1.82, 2.24) is 9.78 Å². The van der Waals surface area contributed by atoms with Gasteiger partial charge in [0.15, 0.2) is 5.82 Å². The molecule has 0 saturated carbocycles. The first-order valence-corrected chi connectivity index (χ1v) is 5.66. The summed E-state index contributed by atoms with van der Waals surface area (Å²) < 4.78 is 1.31. The lowest BCUT2D eigenvalue weighted by atomic mass is 9.90. The lowest BCUT2D eigenvalue weighted by Gasteiger charge is -2.17. The SMILES string of the molecule is Cn1nc(CC(C)(C)C)c(NC(=O)O)c1NC(=O)O. The van der Waals surface area contributed by atoms with Crippen LogP contribution in [0.15, 0.2) is 0 Å². The van der Waals surface area contributed by atoms with Gasteiger partial charge < -0.3 is 10.2 Å². The number of aryl methyl sites for hydroxylation is 1. The fourth-order valence-electron chi connectivity index (χ4n) is 1.69. The Morgan fingerprint density at radius 3 is 2.16 bits per heavy atom. The van der Waals surface area contributed by atoms with E-state index in [0.717, 1.165) is 0 Å². The number of rotatable bonds is 3. The van der Waals surface area contributed by atoms with E-state index in [2.05, 4.69) is 15.7 Å². The average molecular weight is 270 g/mol. The lowest BCUT2D eigenvalue weighted by molar-refractivity contribution is 0.208. The molecule has 0 aromatic carbocycles. The molecule has 0 fully saturated rings. The monoisotopic (exact) mass is 270 g/mol. The molecule has 4 N–H and O–H groups in total. The van der Waals surface area contributed by atoms with Gasteiger partial charge in [0.25, 0.3) is 0 Å². The van der Waals surface area contributed by atoms with Crippen LogP contribution in [0.5, 0.6) is 0 Å². The number of anilines is 2.